The number of hydrogen-bond donors (Lipinski definition) is 1. The Bertz CT molecular complexity index is 509. The zero-order valence-electron chi connectivity index (χ0n) is 13.0. The third-order valence-corrected chi connectivity index (χ3v) is 4.21. The molecular weight excluding hydrogens is 282 g/mol. The molecule has 0 aliphatic carbocycles. The van der Waals surface area contributed by atoms with Crippen molar-refractivity contribution in [2.24, 2.45) is 0 Å². The summed E-state index contributed by atoms with van der Waals surface area (Å²) >= 11 is 0. The van der Waals surface area contributed by atoms with E-state index in [1.807, 2.05) is 23.1 Å². The van der Waals surface area contributed by atoms with Crippen LogP contribution in [0.1, 0.15) is 0 Å². The van der Waals surface area contributed by atoms with Crippen molar-refractivity contribution in [3.8, 4) is 5.75 Å². The number of nitrogens with one attached hydrogen (secondary N) is 1. The molecule has 1 aromatic rings. The Balaban J connectivity index is 1.56. The highest BCUT2D eigenvalue weighted by molar-refractivity contribution is 5.81. The van der Waals surface area contributed by atoms with Crippen LogP contribution >= 0.6 is 0 Å². The number of hydrogen-bond acceptors (Lipinski definition) is 5. The average molecular weight is 305 g/mol. The molecule has 2 aliphatic heterocycles. The molecule has 120 valence electrons. The van der Waals surface area contributed by atoms with Crippen LogP contribution in [0.15, 0.2) is 24.3 Å². The number of carbonyl (C=O) groups excluding carboxylic acids is 1. The van der Waals surface area contributed by atoms with Crippen molar-refractivity contribution in [3.63, 3.8) is 0 Å². The van der Waals surface area contributed by atoms with Gasteiger partial charge in [0.15, 0.2) is 0 Å². The van der Waals surface area contributed by atoms with Crippen LogP contribution in [0.4, 0.5) is 5.69 Å². The second kappa shape index (κ2) is 6.98. The van der Waals surface area contributed by atoms with Gasteiger partial charge in [0.25, 0.3) is 5.91 Å². The fourth-order valence-corrected chi connectivity index (χ4v) is 2.92. The molecule has 3 rings (SSSR count). The van der Waals surface area contributed by atoms with Gasteiger partial charge in [-0.1, -0.05) is 6.07 Å². The van der Waals surface area contributed by atoms with Crippen molar-refractivity contribution < 1.29 is 14.3 Å². The van der Waals surface area contributed by atoms with Gasteiger partial charge in [0.2, 0.25) is 0 Å². The summed E-state index contributed by atoms with van der Waals surface area (Å²) in [5.41, 5.74) is 1.14. The second-order valence-corrected chi connectivity index (χ2v) is 5.58. The van der Waals surface area contributed by atoms with E-state index in [0.717, 1.165) is 44.2 Å². The van der Waals surface area contributed by atoms with Gasteiger partial charge in [-0.25, -0.2) is 0 Å². The molecule has 2 aliphatic rings. The number of ether oxygens (including phenoxy) is 2. The number of rotatable bonds is 3. The lowest BCUT2D eigenvalue weighted by molar-refractivity contribution is -0.145. The molecule has 1 unspecified atom stereocenters. The van der Waals surface area contributed by atoms with Crippen molar-refractivity contribution in [1.29, 1.82) is 0 Å². The van der Waals surface area contributed by atoms with Gasteiger partial charge >= 0.3 is 0 Å². The van der Waals surface area contributed by atoms with Gasteiger partial charge in [0.1, 0.15) is 11.9 Å². The molecule has 6 heteroatoms. The Morgan fingerprint density at radius 1 is 1.32 bits per heavy atom. The van der Waals surface area contributed by atoms with Crippen molar-refractivity contribution in [1.82, 2.24) is 10.2 Å². The molecule has 0 bridgehead atoms. The monoisotopic (exact) mass is 305 g/mol. The molecule has 6 nitrogen and oxygen atoms in total. The Kier molecular flexibility index (Phi) is 4.80. The SMILES string of the molecule is COc1cccc(N2CCN(C(=O)C3CNCCO3)CC2)c1. The van der Waals surface area contributed by atoms with Crippen molar-refractivity contribution >= 4 is 11.6 Å². The predicted molar refractivity (Wildman–Crippen MR) is 84.4 cm³/mol. The number of piperazine rings is 1. The predicted octanol–water partition coefficient (Wildman–Crippen LogP) is 0.332. The lowest BCUT2D eigenvalue weighted by atomic mass is 10.2. The fraction of sp³-hybridized carbons (Fsp3) is 0.562. The van der Waals surface area contributed by atoms with E-state index >= 15 is 0 Å². The highest BCUT2D eigenvalue weighted by Crippen LogP contribution is 2.22. The van der Waals surface area contributed by atoms with Gasteiger partial charge < -0.3 is 24.6 Å². The summed E-state index contributed by atoms with van der Waals surface area (Å²) in [6.45, 7) is 5.19. The van der Waals surface area contributed by atoms with E-state index < -0.39 is 0 Å². The van der Waals surface area contributed by atoms with E-state index in [1.165, 1.54) is 0 Å². The van der Waals surface area contributed by atoms with Crippen LogP contribution in [0.3, 0.4) is 0 Å². The molecule has 2 heterocycles. The minimum atomic E-state index is -0.322. The Hall–Kier alpha value is -1.79. The zero-order chi connectivity index (χ0) is 15.4. The number of amides is 1. The molecule has 1 N–H and O–H groups in total. The molecule has 0 spiro atoms. The maximum atomic E-state index is 12.4. The molecule has 1 amide bonds. The van der Waals surface area contributed by atoms with Gasteiger partial charge in [-0.15, -0.1) is 0 Å². The Labute approximate surface area is 131 Å². The van der Waals surface area contributed by atoms with Crippen LogP contribution in [0.25, 0.3) is 0 Å². The second-order valence-electron chi connectivity index (χ2n) is 5.58. The molecular formula is C16H23N3O3. The highest BCUT2D eigenvalue weighted by Gasteiger charge is 2.29. The highest BCUT2D eigenvalue weighted by atomic mass is 16.5. The first kappa shape index (κ1) is 15.1. The molecule has 0 aromatic heterocycles. The van der Waals surface area contributed by atoms with E-state index in [1.54, 1.807) is 7.11 Å². The molecule has 0 saturated carbocycles. The Morgan fingerprint density at radius 3 is 2.82 bits per heavy atom. The standard InChI is InChI=1S/C16H23N3O3/c1-21-14-4-2-3-13(11-14)18-6-8-19(9-7-18)16(20)15-12-17-5-10-22-15/h2-4,11,15,17H,5-10,12H2,1H3. The smallest absolute Gasteiger partial charge is 0.253 e. The van der Waals surface area contributed by atoms with Gasteiger partial charge in [-0.05, 0) is 12.1 Å². The summed E-state index contributed by atoms with van der Waals surface area (Å²) in [5.74, 6) is 0.968. The van der Waals surface area contributed by atoms with E-state index in [4.69, 9.17) is 9.47 Å². The normalized spacial score (nSPS) is 22.5. The van der Waals surface area contributed by atoms with Crippen molar-refractivity contribution in [2.75, 3.05) is 57.9 Å². The summed E-state index contributed by atoms with van der Waals surface area (Å²) in [5, 5.41) is 3.21. The molecule has 2 fully saturated rings. The molecule has 1 atom stereocenters. The van der Waals surface area contributed by atoms with Crippen LogP contribution in [0.5, 0.6) is 5.75 Å². The van der Waals surface area contributed by atoms with Gasteiger partial charge in [-0.2, -0.15) is 0 Å². The van der Waals surface area contributed by atoms with Gasteiger partial charge in [0, 0.05) is 51.0 Å². The van der Waals surface area contributed by atoms with E-state index in [-0.39, 0.29) is 12.0 Å². The molecule has 0 radical (unpaired) electrons. The zero-order valence-corrected chi connectivity index (χ0v) is 13.0. The van der Waals surface area contributed by atoms with Gasteiger partial charge in [0.05, 0.1) is 13.7 Å². The van der Waals surface area contributed by atoms with Crippen LogP contribution in [0.2, 0.25) is 0 Å². The summed E-state index contributed by atoms with van der Waals surface area (Å²) in [6.07, 6.45) is -0.322. The molecule has 22 heavy (non-hydrogen) atoms. The lowest BCUT2D eigenvalue weighted by Gasteiger charge is -2.38. The molecule has 1 aromatic carbocycles. The van der Waals surface area contributed by atoms with Crippen LogP contribution in [-0.4, -0.2) is 69.9 Å². The number of benzene rings is 1. The van der Waals surface area contributed by atoms with E-state index in [9.17, 15) is 4.79 Å². The molecule has 2 saturated heterocycles. The number of anilines is 1. The number of carbonyl (C=O) groups is 1. The number of morpholine rings is 1. The maximum Gasteiger partial charge on any atom is 0.253 e. The summed E-state index contributed by atoms with van der Waals surface area (Å²) in [7, 11) is 1.67. The fourth-order valence-electron chi connectivity index (χ4n) is 2.92. The third-order valence-electron chi connectivity index (χ3n) is 4.21. The quantitative estimate of drug-likeness (QED) is 0.872. The Morgan fingerprint density at radius 2 is 2.14 bits per heavy atom. The number of methoxy groups -OCH3 is 1. The summed E-state index contributed by atoms with van der Waals surface area (Å²) < 4.78 is 10.8. The minimum absolute atomic E-state index is 0.109. The first-order valence-electron chi connectivity index (χ1n) is 7.78. The first-order valence-corrected chi connectivity index (χ1v) is 7.78. The maximum absolute atomic E-state index is 12.4. The number of nitrogens with zero attached hydrogens (tertiary/aromatic N) is 2. The van der Waals surface area contributed by atoms with Gasteiger partial charge in [-0.3, -0.25) is 4.79 Å². The lowest BCUT2D eigenvalue weighted by Crippen LogP contribution is -2.55. The largest absolute Gasteiger partial charge is 0.497 e. The minimum Gasteiger partial charge on any atom is -0.497 e. The van der Waals surface area contributed by atoms with Crippen molar-refractivity contribution in [2.45, 2.75) is 6.10 Å². The van der Waals surface area contributed by atoms with Crippen LogP contribution in [0, 0.1) is 0 Å². The van der Waals surface area contributed by atoms with Crippen molar-refractivity contribution in [3.05, 3.63) is 24.3 Å². The first-order chi connectivity index (χ1) is 10.8. The third kappa shape index (κ3) is 3.34. The summed E-state index contributed by atoms with van der Waals surface area (Å²) in [4.78, 5) is 16.6. The van der Waals surface area contributed by atoms with E-state index in [0.29, 0.717) is 13.2 Å². The van der Waals surface area contributed by atoms with Crippen LogP contribution in [-0.2, 0) is 9.53 Å². The van der Waals surface area contributed by atoms with E-state index in [2.05, 4.69) is 16.3 Å². The summed E-state index contributed by atoms with van der Waals surface area (Å²) in [6, 6.07) is 8.05. The topological polar surface area (TPSA) is 54.0 Å². The average Bonchev–Trinajstić information content (AvgIpc) is 2.62. The van der Waals surface area contributed by atoms with Crippen LogP contribution < -0.4 is 15.0 Å².